The second-order valence-corrected chi connectivity index (χ2v) is 6.17. The molecule has 0 aliphatic carbocycles. The van der Waals surface area contributed by atoms with Crippen LogP contribution in [0, 0.1) is 11.3 Å². The molecular weight excluding hydrogens is 393 g/mol. The highest BCUT2D eigenvalue weighted by atomic mass is 35.5. The van der Waals surface area contributed by atoms with Crippen LogP contribution in [-0.2, 0) is 17.3 Å². The van der Waals surface area contributed by atoms with Crippen molar-refractivity contribution in [3.8, 4) is 17.3 Å². The fraction of sp³-hybridized carbons (Fsp3) is 0.421. The Balaban J connectivity index is 0.00000392. The number of alkyl halides is 3. The Morgan fingerprint density at radius 2 is 2.00 bits per heavy atom. The number of nitrogens with zero attached hydrogens (tertiary/aromatic N) is 3. The van der Waals surface area contributed by atoms with Gasteiger partial charge in [0.2, 0.25) is 5.82 Å². The van der Waals surface area contributed by atoms with Crippen LogP contribution in [0.3, 0.4) is 0 Å². The molecule has 2 rings (SSSR count). The third-order valence-electron chi connectivity index (χ3n) is 3.88. The second kappa shape index (κ2) is 11.0. The van der Waals surface area contributed by atoms with Crippen molar-refractivity contribution in [2.24, 2.45) is 0 Å². The maximum absolute atomic E-state index is 12.9. The van der Waals surface area contributed by atoms with Crippen LogP contribution < -0.4 is 5.32 Å². The molecule has 1 aromatic heterocycles. The average molecular weight is 415 g/mol. The number of methoxy groups -OCH3 is 1. The summed E-state index contributed by atoms with van der Waals surface area (Å²) in [4.78, 5) is 8.21. The first-order chi connectivity index (χ1) is 12.8. The SMILES string of the molecule is COCC(C)NCCCc1cc(-c2cccc(C(F)(F)F)c2)nc(C#N)n1.Cl. The van der Waals surface area contributed by atoms with Crippen molar-refractivity contribution in [3.63, 3.8) is 0 Å². The van der Waals surface area contributed by atoms with E-state index in [9.17, 15) is 13.2 Å². The first kappa shape index (κ1) is 23.8. The van der Waals surface area contributed by atoms with Crippen LogP contribution in [0.5, 0.6) is 0 Å². The lowest BCUT2D eigenvalue weighted by Gasteiger charge is -2.12. The molecule has 1 atom stereocenters. The standard InChI is InChI=1S/C19H21F3N4O.ClH/c1-13(12-27-2)24-8-4-7-16-10-17(26-18(11-23)25-16)14-5-3-6-15(9-14)19(20,21)22;/h3,5-6,9-10,13,24H,4,7-8,12H2,1-2H3;1H. The van der Waals surface area contributed by atoms with Crippen LogP contribution in [-0.4, -0.2) is 36.3 Å². The van der Waals surface area contributed by atoms with E-state index in [4.69, 9.17) is 10.00 Å². The van der Waals surface area contributed by atoms with Crippen molar-refractivity contribution in [3.05, 3.63) is 47.4 Å². The van der Waals surface area contributed by atoms with Crippen molar-refractivity contribution in [1.82, 2.24) is 15.3 Å². The largest absolute Gasteiger partial charge is 0.416 e. The Bertz CT molecular complexity index is 808. The number of hydrogen-bond donors (Lipinski definition) is 1. The number of aryl methyl sites for hydroxylation is 1. The van der Waals surface area contributed by atoms with E-state index >= 15 is 0 Å². The molecule has 152 valence electrons. The van der Waals surface area contributed by atoms with E-state index in [1.54, 1.807) is 13.2 Å². The van der Waals surface area contributed by atoms with Crippen LogP contribution in [0.25, 0.3) is 11.3 Å². The van der Waals surface area contributed by atoms with Crippen molar-refractivity contribution in [2.45, 2.75) is 32.0 Å². The van der Waals surface area contributed by atoms with Crippen molar-refractivity contribution in [1.29, 1.82) is 5.26 Å². The Kier molecular flexibility index (Phi) is 9.32. The second-order valence-electron chi connectivity index (χ2n) is 6.17. The number of halogens is 4. The summed E-state index contributed by atoms with van der Waals surface area (Å²) >= 11 is 0. The molecule has 1 aromatic carbocycles. The smallest absolute Gasteiger partial charge is 0.383 e. The van der Waals surface area contributed by atoms with E-state index in [1.165, 1.54) is 12.1 Å². The predicted octanol–water partition coefficient (Wildman–Crippen LogP) is 4.01. The van der Waals surface area contributed by atoms with Gasteiger partial charge in [-0.15, -0.1) is 12.4 Å². The van der Waals surface area contributed by atoms with Gasteiger partial charge < -0.3 is 10.1 Å². The zero-order chi connectivity index (χ0) is 19.9. The molecule has 5 nitrogen and oxygen atoms in total. The molecule has 1 unspecified atom stereocenters. The molecule has 0 aliphatic rings. The van der Waals surface area contributed by atoms with E-state index in [0.29, 0.717) is 30.0 Å². The lowest BCUT2D eigenvalue weighted by molar-refractivity contribution is -0.137. The van der Waals surface area contributed by atoms with E-state index in [2.05, 4.69) is 15.3 Å². The highest BCUT2D eigenvalue weighted by molar-refractivity contribution is 5.85. The lowest BCUT2D eigenvalue weighted by atomic mass is 10.1. The molecule has 0 spiro atoms. The third-order valence-corrected chi connectivity index (χ3v) is 3.88. The van der Waals surface area contributed by atoms with Crippen LogP contribution in [0.2, 0.25) is 0 Å². The first-order valence-corrected chi connectivity index (χ1v) is 8.51. The van der Waals surface area contributed by atoms with Gasteiger partial charge in [0.15, 0.2) is 0 Å². The van der Waals surface area contributed by atoms with Crippen molar-refractivity contribution in [2.75, 3.05) is 20.3 Å². The summed E-state index contributed by atoms with van der Waals surface area (Å²) in [5.74, 6) is -0.0550. The van der Waals surface area contributed by atoms with Gasteiger partial charge in [-0.25, -0.2) is 9.97 Å². The van der Waals surface area contributed by atoms with Gasteiger partial charge >= 0.3 is 6.18 Å². The summed E-state index contributed by atoms with van der Waals surface area (Å²) in [6.45, 7) is 3.34. The molecule has 0 fully saturated rings. The Hall–Kier alpha value is -2.21. The third kappa shape index (κ3) is 7.08. The molecule has 1 heterocycles. The summed E-state index contributed by atoms with van der Waals surface area (Å²) in [5, 5.41) is 12.4. The molecule has 0 aliphatic heterocycles. The quantitative estimate of drug-likeness (QED) is 0.661. The Labute approximate surface area is 168 Å². The van der Waals surface area contributed by atoms with Crippen molar-refractivity contribution >= 4 is 12.4 Å². The molecule has 0 amide bonds. The molecule has 0 saturated carbocycles. The maximum Gasteiger partial charge on any atom is 0.416 e. The first-order valence-electron chi connectivity index (χ1n) is 8.51. The number of hydrogen-bond acceptors (Lipinski definition) is 5. The summed E-state index contributed by atoms with van der Waals surface area (Å²) < 4.78 is 43.8. The van der Waals surface area contributed by atoms with Crippen LogP contribution in [0.1, 0.15) is 30.4 Å². The summed E-state index contributed by atoms with van der Waals surface area (Å²) in [6.07, 6.45) is -3.09. The molecule has 0 saturated heterocycles. The molecule has 0 radical (unpaired) electrons. The average Bonchev–Trinajstić information content (AvgIpc) is 2.64. The minimum atomic E-state index is -4.44. The Morgan fingerprint density at radius 1 is 1.25 bits per heavy atom. The Morgan fingerprint density at radius 3 is 2.64 bits per heavy atom. The van der Waals surface area contributed by atoms with Crippen molar-refractivity contribution < 1.29 is 17.9 Å². The number of nitrogens with one attached hydrogen (secondary N) is 1. The minimum absolute atomic E-state index is 0. The molecule has 1 N–H and O–H groups in total. The number of aromatic nitrogens is 2. The molecular formula is C19H22ClF3N4O. The van der Waals surface area contributed by atoms with E-state index < -0.39 is 11.7 Å². The summed E-state index contributed by atoms with van der Waals surface area (Å²) in [6, 6.07) is 8.62. The lowest BCUT2D eigenvalue weighted by Crippen LogP contribution is -2.31. The summed E-state index contributed by atoms with van der Waals surface area (Å²) in [7, 11) is 1.64. The maximum atomic E-state index is 12.9. The minimum Gasteiger partial charge on any atom is -0.383 e. The van der Waals surface area contributed by atoms with E-state index in [0.717, 1.165) is 25.1 Å². The highest BCUT2D eigenvalue weighted by Crippen LogP contribution is 2.31. The zero-order valence-corrected chi connectivity index (χ0v) is 16.4. The summed E-state index contributed by atoms with van der Waals surface area (Å²) in [5.41, 5.74) is 0.477. The topological polar surface area (TPSA) is 70.8 Å². The van der Waals surface area contributed by atoms with Crippen LogP contribution in [0.15, 0.2) is 30.3 Å². The van der Waals surface area contributed by atoms with Gasteiger partial charge in [0.25, 0.3) is 0 Å². The van der Waals surface area contributed by atoms with Gasteiger partial charge in [-0.05, 0) is 44.5 Å². The van der Waals surface area contributed by atoms with Gasteiger partial charge in [0.1, 0.15) is 6.07 Å². The zero-order valence-electron chi connectivity index (χ0n) is 15.6. The van der Waals surface area contributed by atoms with Gasteiger partial charge in [-0.2, -0.15) is 18.4 Å². The number of ether oxygens (including phenoxy) is 1. The van der Waals surface area contributed by atoms with Gasteiger partial charge in [-0.1, -0.05) is 12.1 Å². The highest BCUT2D eigenvalue weighted by Gasteiger charge is 2.30. The molecule has 2 aromatic rings. The van der Waals surface area contributed by atoms with Gasteiger partial charge in [-0.3, -0.25) is 0 Å². The van der Waals surface area contributed by atoms with Gasteiger partial charge in [0, 0.05) is 24.4 Å². The van der Waals surface area contributed by atoms with Crippen LogP contribution >= 0.6 is 12.4 Å². The van der Waals surface area contributed by atoms with Crippen LogP contribution in [0.4, 0.5) is 13.2 Å². The molecule has 9 heteroatoms. The van der Waals surface area contributed by atoms with E-state index in [-0.39, 0.29) is 24.3 Å². The number of nitriles is 1. The fourth-order valence-corrected chi connectivity index (χ4v) is 2.61. The fourth-order valence-electron chi connectivity index (χ4n) is 2.61. The predicted molar refractivity (Wildman–Crippen MR) is 102 cm³/mol. The molecule has 0 bridgehead atoms. The normalized spacial score (nSPS) is 12.1. The van der Waals surface area contributed by atoms with E-state index in [1.807, 2.05) is 13.0 Å². The monoisotopic (exact) mass is 414 g/mol. The number of benzene rings is 1. The van der Waals surface area contributed by atoms with Gasteiger partial charge in [0.05, 0.1) is 17.9 Å². The number of rotatable bonds is 8. The molecule has 28 heavy (non-hydrogen) atoms.